The molecule has 0 atom stereocenters. The number of allylic oxidation sites excluding steroid dienone is 6. The number of hydrogen-bond donors (Lipinski definition) is 0. The third kappa shape index (κ3) is 2.23. The Morgan fingerprint density at radius 2 is 1.25 bits per heavy atom. The van der Waals surface area contributed by atoms with E-state index in [2.05, 4.69) is 25.3 Å². The van der Waals surface area contributed by atoms with Crippen molar-refractivity contribution in [3.05, 3.63) is 48.6 Å². The molecule has 12 heavy (non-hydrogen) atoms. The largest absolute Gasteiger partial charge is 0.0991 e. The van der Waals surface area contributed by atoms with E-state index < -0.39 is 0 Å². The van der Waals surface area contributed by atoms with Gasteiger partial charge in [0.25, 0.3) is 0 Å². The average Bonchev–Trinajstić information content (AvgIpc) is 2.09. The van der Waals surface area contributed by atoms with Gasteiger partial charge in [-0.2, -0.15) is 0 Å². The van der Waals surface area contributed by atoms with Gasteiger partial charge in [-0.25, -0.2) is 0 Å². The third-order valence-electron chi connectivity index (χ3n) is 2.19. The molecule has 0 N–H and O–H groups in total. The summed E-state index contributed by atoms with van der Waals surface area (Å²) in [6, 6.07) is 0. The predicted octanol–water partition coefficient (Wildman–Crippen LogP) is 3.79. The zero-order chi connectivity index (χ0) is 8.81. The Morgan fingerprint density at radius 3 is 1.58 bits per heavy atom. The molecule has 0 saturated heterocycles. The summed E-state index contributed by atoms with van der Waals surface area (Å²) in [6.07, 6.45) is 13.0. The quantitative estimate of drug-likeness (QED) is 0.576. The molecule has 1 rings (SSSR count). The maximum Gasteiger partial charge on any atom is -0.0276 e. The molecule has 0 radical (unpaired) electrons. The van der Waals surface area contributed by atoms with E-state index in [9.17, 15) is 0 Å². The van der Waals surface area contributed by atoms with Crippen LogP contribution in [-0.4, -0.2) is 0 Å². The molecule has 0 amide bonds. The minimum absolute atomic E-state index is 1.20. The van der Waals surface area contributed by atoms with Crippen LogP contribution >= 0.6 is 0 Å². The van der Waals surface area contributed by atoms with Gasteiger partial charge in [0.15, 0.2) is 0 Å². The topological polar surface area (TPSA) is 0 Å². The summed E-state index contributed by atoms with van der Waals surface area (Å²) in [6.45, 7) is 7.44. The van der Waals surface area contributed by atoms with Crippen LogP contribution in [0.1, 0.15) is 25.7 Å². The molecule has 1 aliphatic carbocycles. The van der Waals surface area contributed by atoms with Crippen molar-refractivity contribution in [3.8, 4) is 0 Å². The van der Waals surface area contributed by atoms with Gasteiger partial charge >= 0.3 is 0 Å². The molecule has 0 spiro atoms. The first kappa shape index (κ1) is 9.05. The summed E-state index contributed by atoms with van der Waals surface area (Å²) in [4.78, 5) is 0. The molecule has 64 valence electrons. The van der Waals surface area contributed by atoms with E-state index in [-0.39, 0.29) is 0 Å². The zero-order valence-electron chi connectivity index (χ0n) is 7.55. The number of hydrogen-bond acceptors (Lipinski definition) is 0. The van der Waals surface area contributed by atoms with E-state index in [4.69, 9.17) is 0 Å². The van der Waals surface area contributed by atoms with Crippen LogP contribution in [0.5, 0.6) is 0 Å². The Labute approximate surface area is 75.0 Å². The summed E-state index contributed by atoms with van der Waals surface area (Å²) in [5.74, 6) is 0. The van der Waals surface area contributed by atoms with E-state index in [1.165, 1.54) is 36.8 Å². The first-order valence-corrected chi connectivity index (χ1v) is 4.52. The lowest BCUT2D eigenvalue weighted by molar-refractivity contribution is 0.679. The summed E-state index contributed by atoms with van der Waals surface area (Å²) < 4.78 is 0. The van der Waals surface area contributed by atoms with Crippen LogP contribution < -0.4 is 0 Å². The first-order chi connectivity index (χ1) is 5.88. The minimum atomic E-state index is 1.20. The van der Waals surface area contributed by atoms with Crippen molar-refractivity contribution < 1.29 is 0 Å². The molecule has 0 aliphatic heterocycles. The molecule has 0 unspecified atom stereocenters. The molecule has 0 bridgehead atoms. The fourth-order valence-electron chi connectivity index (χ4n) is 1.62. The van der Waals surface area contributed by atoms with Crippen molar-refractivity contribution >= 4 is 0 Å². The fraction of sp³-hybridized carbons (Fsp3) is 0.333. The second-order valence-corrected chi connectivity index (χ2v) is 3.06. The molecule has 0 heterocycles. The van der Waals surface area contributed by atoms with Gasteiger partial charge in [-0.3, -0.25) is 0 Å². The van der Waals surface area contributed by atoms with Gasteiger partial charge in [-0.05, 0) is 36.8 Å². The highest BCUT2D eigenvalue weighted by Gasteiger charge is 2.09. The average molecular weight is 160 g/mol. The number of rotatable bonds is 2. The van der Waals surface area contributed by atoms with E-state index in [0.717, 1.165) is 0 Å². The summed E-state index contributed by atoms with van der Waals surface area (Å²) in [7, 11) is 0. The van der Waals surface area contributed by atoms with Gasteiger partial charge in [0.2, 0.25) is 0 Å². The SMILES string of the molecule is C=CC=C1CCCCC1=CC=C. The van der Waals surface area contributed by atoms with E-state index >= 15 is 0 Å². The van der Waals surface area contributed by atoms with Crippen molar-refractivity contribution in [1.82, 2.24) is 0 Å². The highest BCUT2D eigenvalue weighted by atomic mass is 14.1. The maximum atomic E-state index is 3.72. The van der Waals surface area contributed by atoms with Crippen LogP contribution in [0.2, 0.25) is 0 Å². The Morgan fingerprint density at radius 1 is 0.833 bits per heavy atom. The standard InChI is InChI=1S/C12H16/c1-3-7-11-9-5-6-10-12(11)8-4-2/h3-4,7-8H,1-2,5-6,9-10H2. The molecule has 0 heteroatoms. The Bertz CT molecular complexity index is 202. The predicted molar refractivity (Wildman–Crippen MR) is 55.0 cm³/mol. The summed E-state index contributed by atoms with van der Waals surface area (Å²) in [5.41, 5.74) is 2.88. The maximum absolute atomic E-state index is 3.72. The van der Waals surface area contributed by atoms with Gasteiger partial charge in [0.05, 0.1) is 0 Å². The van der Waals surface area contributed by atoms with Crippen LogP contribution in [0, 0.1) is 0 Å². The molecule has 1 saturated carbocycles. The summed E-state index contributed by atoms with van der Waals surface area (Å²) >= 11 is 0. The lowest BCUT2D eigenvalue weighted by Gasteiger charge is -2.17. The van der Waals surface area contributed by atoms with Crippen molar-refractivity contribution in [2.75, 3.05) is 0 Å². The van der Waals surface area contributed by atoms with E-state index in [0.29, 0.717) is 0 Å². The van der Waals surface area contributed by atoms with E-state index in [1.54, 1.807) is 0 Å². The molecular formula is C12H16. The van der Waals surface area contributed by atoms with E-state index in [1.807, 2.05) is 12.2 Å². The van der Waals surface area contributed by atoms with Crippen molar-refractivity contribution in [1.29, 1.82) is 0 Å². The fourth-order valence-corrected chi connectivity index (χ4v) is 1.62. The minimum Gasteiger partial charge on any atom is -0.0991 e. The molecule has 0 aromatic heterocycles. The van der Waals surface area contributed by atoms with Crippen LogP contribution in [0.15, 0.2) is 48.6 Å². The highest BCUT2D eigenvalue weighted by Crippen LogP contribution is 2.28. The Balaban J connectivity index is 2.80. The van der Waals surface area contributed by atoms with Gasteiger partial charge in [0.1, 0.15) is 0 Å². The Kier molecular flexibility index (Phi) is 3.59. The second-order valence-electron chi connectivity index (χ2n) is 3.06. The van der Waals surface area contributed by atoms with Crippen LogP contribution in [0.4, 0.5) is 0 Å². The molecule has 1 aliphatic rings. The lowest BCUT2D eigenvalue weighted by Crippen LogP contribution is -1.97. The first-order valence-electron chi connectivity index (χ1n) is 4.52. The van der Waals surface area contributed by atoms with Crippen molar-refractivity contribution in [2.45, 2.75) is 25.7 Å². The van der Waals surface area contributed by atoms with Gasteiger partial charge < -0.3 is 0 Å². The van der Waals surface area contributed by atoms with Gasteiger partial charge in [0, 0.05) is 0 Å². The monoisotopic (exact) mass is 160 g/mol. The van der Waals surface area contributed by atoms with Crippen molar-refractivity contribution in [3.63, 3.8) is 0 Å². The van der Waals surface area contributed by atoms with Gasteiger partial charge in [-0.15, -0.1) is 0 Å². The zero-order valence-corrected chi connectivity index (χ0v) is 7.55. The molecule has 0 aromatic rings. The van der Waals surface area contributed by atoms with Gasteiger partial charge in [-0.1, -0.05) is 37.5 Å². The van der Waals surface area contributed by atoms with Crippen LogP contribution in [-0.2, 0) is 0 Å². The lowest BCUT2D eigenvalue weighted by atomic mass is 9.89. The highest BCUT2D eigenvalue weighted by molar-refractivity contribution is 5.36. The third-order valence-corrected chi connectivity index (χ3v) is 2.19. The van der Waals surface area contributed by atoms with Crippen LogP contribution in [0.3, 0.4) is 0 Å². The molecule has 0 nitrogen and oxygen atoms in total. The second kappa shape index (κ2) is 4.76. The molecular weight excluding hydrogens is 144 g/mol. The normalized spacial score (nSPS) is 24.3. The molecule has 1 fully saturated rings. The van der Waals surface area contributed by atoms with Crippen molar-refractivity contribution in [2.24, 2.45) is 0 Å². The van der Waals surface area contributed by atoms with Crippen LogP contribution in [0.25, 0.3) is 0 Å². The molecule has 0 aromatic carbocycles. The smallest absolute Gasteiger partial charge is 0.0276 e. The summed E-state index contributed by atoms with van der Waals surface area (Å²) in [5, 5.41) is 0. The Hall–Kier alpha value is -1.04.